The van der Waals surface area contributed by atoms with Crippen molar-refractivity contribution in [2.75, 3.05) is 0 Å². The fourth-order valence-corrected chi connectivity index (χ4v) is 2.85. The number of imidazole rings is 1. The van der Waals surface area contributed by atoms with Crippen LogP contribution in [0.3, 0.4) is 0 Å². The Morgan fingerprint density at radius 2 is 2.21 bits per heavy atom. The predicted molar refractivity (Wildman–Crippen MR) is 80.5 cm³/mol. The van der Waals surface area contributed by atoms with Crippen LogP contribution in [0, 0.1) is 6.92 Å². The lowest BCUT2D eigenvalue weighted by Gasteiger charge is -2.17. The Labute approximate surface area is 122 Å². The lowest BCUT2D eigenvalue weighted by Crippen LogP contribution is -2.28. The maximum absolute atomic E-state index is 5.69. The Kier molecular flexibility index (Phi) is 4.74. The molecule has 0 aliphatic carbocycles. The quantitative estimate of drug-likeness (QED) is 0.657. The second-order valence-corrected chi connectivity index (χ2v) is 5.69. The van der Waals surface area contributed by atoms with Gasteiger partial charge >= 0.3 is 0 Å². The summed E-state index contributed by atoms with van der Waals surface area (Å²) >= 11 is 3.53. The molecule has 0 bridgehead atoms. The molecule has 0 spiro atoms. The number of hydrogen-bond donors (Lipinski definition) is 2. The van der Waals surface area contributed by atoms with Crippen LogP contribution in [0.4, 0.5) is 0 Å². The molecule has 5 heteroatoms. The van der Waals surface area contributed by atoms with Gasteiger partial charge in [0.1, 0.15) is 5.82 Å². The highest BCUT2D eigenvalue weighted by molar-refractivity contribution is 9.10. The monoisotopic (exact) mass is 322 g/mol. The van der Waals surface area contributed by atoms with Crippen LogP contribution in [0.25, 0.3) is 0 Å². The van der Waals surface area contributed by atoms with Gasteiger partial charge in [0.05, 0.1) is 0 Å². The highest BCUT2D eigenvalue weighted by atomic mass is 79.9. The van der Waals surface area contributed by atoms with Gasteiger partial charge in [-0.2, -0.15) is 0 Å². The molecule has 3 N–H and O–H groups in total. The second kappa shape index (κ2) is 6.32. The molecule has 1 aromatic carbocycles. The molecule has 4 nitrogen and oxygen atoms in total. The van der Waals surface area contributed by atoms with Gasteiger partial charge < -0.3 is 4.57 Å². The normalized spacial score (nSPS) is 12.6. The number of rotatable bonds is 5. The van der Waals surface area contributed by atoms with Crippen molar-refractivity contribution in [2.24, 2.45) is 12.9 Å². The van der Waals surface area contributed by atoms with Gasteiger partial charge in [0, 0.05) is 36.4 Å². The number of aryl methyl sites for hydroxylation is 3. The maximum Gasteiger partial charge on any atom is 0.108 e. The summed E-state index contributed by atoms with van der Waals surface area (Å²) in [4.78, 5) is 4.34. The first-order chi connectivity index (χ1) is 9.10. The van der Waals surface area contributed by atoms with E-state index in [0.717, 1.165) is 23.1 Å². The van der Waals surface area contributed by atoms with Crippen LogP contribution in [-0.4, -0.2) is 9.55 Å². The molecular formula is C14H19BrN4. The summed E-state index contributed by atoms with van der Waals surface area (Å²) in [5, 5.41) is 0. The largest absolute Gasteiger partial charge is 0.338 e. The molecule has 0 saturated carbocycles. The van der Waals surface area contributed by atoms with E-state index < -0.39 is 0 Å². The third kappa shape index (κ3) is 3.65. The number of nitrogens with zero attached hydrogens (tertiary/aromatic N) is 2. The van der Waals surface area contributed by atoms with Gasteiger partial charge in [-0.25, -0.2) is 4.98 Å². The Bertz CT molecular complexity index is 530. The molecule has 19 heavy (non-hydrogen) atoms. The summed E-state index contributed by atoms with van der Waals surface area (Å²) in [6, 6.07) is 6.49. The van der Waals surface area contributed by atoms with E-state index in [1.165, 1.54) is 11.1 Å². The topological polar surface area (TPSA) is 55.9 Å². The third-order valence-corrected chi connectivity index (χ3v) is 3.70. The maximum atomic E-state index is 5.69. The molecule has 0 aliphatic rings. The van der Waals surface area contributed by atoms with Crippen molar-refractivity contribution in [1.82, 2.24) is 15.0 Å². The molecular weight excluding hydrogens is 304 g/mol. The molecule has 1 aromatic heterocycles. The molecule has 0 fully saturated rings. The number of hydrazine groups is 1. The lowest BCUT2D eigenvalue weighted by atomic mass is 10.0. The average molecular weight is 323 g/mol. The minimum Gasteiger partial charge on any atom is -0.338 e. The van der Waals surface area contributed by atoms with Gasteiger partial charge in [-0.05, 0) is 36.6 Å². The number of benzene rings is 1. The molecule has 1 atom stereocenters. The van der Waals surface area contributed by atoms with Crippen molar-refractivity contribution in [3.63, 3.8) is 0 Å². The standard InChI is InChI=1S/C14H19BrN4/c1-10-7-11(9-12(15)8-10)13(18-16)3-4-14-17-5-6-19(14)2/h5-9,13,18H,3-4,16H2,1-2H3. The van der Waals surface area contributed by atoms with Crippen molar-refractivity contribution in [2.45, 2.75) is 25.8 Å². The average Bonchev–Trinajstić information content (AvgIpc) is 2.75. The summed E-state index contributed by atoms with van der Waals surface area (Å²) in [7, 11) is 2.01. The second-order valence-electron chi connectivity index (χ2n) is 4.77. The minimum absolute atomic E-state index is 0.132. The molecule has 0 radical (unpaired) electrons. The molecule has 2 aromatic rings. The number of aromatic nitrogens is 2. The minimum atomic E-state index is 0.132. The molecule has 0 saturated heterocycles. The van der Waals surface area contributed by atoms with Crippen LogP contribution in [0.15, 0.2) is 35.1 Å². The predicted octanol–water partition coefficient (Wildman–Crippen LogP) is 2.63. The highest BCUT2D eigenvalue weighted by Gasteiger charge is 2.12. The number of nitrogens with one attached hydrogen (secondary N) is 1. The Morgan fingerprint density at radius 3 is 2.79 bits per heavy atom. The highest BCUT2D eigenvalue weighted by Crippen LogP contribution is 2.23. The molecule has 2 rings (SSSR count). The van der Waals surface area contributed by atoms with Gasteiger partial charge in [0.15, 0.2) is 0 Å². The summed E-state index contributed by atoms with van der Waals surface area (Å²) in [5.74, 6) is 6.77. The third-order valence-electron chi connectivity index (χ3n) is 3.25. The lowest BCUT2D eigenvalue weighted by molar-refractivity contribution is 0.506. The van der Waals surface area contributed by atoms with E-state index >= 15 is 0 Å². The van der Waals surface area contributed by atoms with Crippen LogP contribution in [-0.2, 0) is 13.5 Å². The number of halogens is 1. The van der Waals surface area contributed by atoms with E-state index in [4.69, 9.17) is 5.84 Å². The summed E-state index contributed by atoms with van der Waals surface area (Å²) < 4.78 is 3.12. The molecule has 102 valence electrons. The zero-order chi connectivity index (χ0) is 13.8. The number of hydrogen-bond acceptors (Lipinski definition) is 3. The zero-order valence-electron chi connectivity index (χ0n) is 11.2. The van der Waals surface area contributed by atoms with E-state index in [2.05, 4.69) is 51.5 Å². The van der Waals surface area contributed by atoms with Crippen LogP contribution >= 0.6 is 15.9 Å². The molecule has 0 amide bonds. The van der Waals surface area contributed by atoms with E-state index in [-0.39, 0.29) is 6.04 Å². The SMILES string of the molecule is Cc1cc(Br)cc(C(CCc2nccn2C)NN)c1. The smallest absolute Gasteiger partial charge is 0.108 e. The summed E-state index contributed by atoms with van der Waals surface area (Å²) in [6.45, 7) is 2.08. The van der Waals surface area contributed by atoms with E-state index in [9.17, 15) is 0 Å². The summed E-state index contributed by atoms with van der Waals surface area (Å²) in [6.07, 6.45) is 5.59. The Morgan fingerprint density at radius 1 is 1.42 bits per heavy atom. The van der Waals surface area contributed by atoms with Gasteiger partial charge in [-0.3, -0.25) is 11.3 Å². The number of nitrogens with two attached hydrogens (primary N) is 1. The van der Waals surface area contributed by atoms with E-state index in [1.807, 2.05) is 24.0 Å². The van der Waals surface area contributed by atoms with Crippen molar-refractivity contribution in [3.05, 3.63) is 52.0 Å². The first-order valence-corrected chi connectivity index (χ1v) is 7.09. The fourth-order valence-electron chi connectivity index (χ4n) is 2.22. The van der Waals surface area contributed by atoms with Gasteiger partial charge in [0.25, 0.3) is 0 Å². The van der Waals surface area contributed by atoms with E-state index in [1.54, 1.807) is 0 Å². The van der Waals surface area contributed by atoms with Gasteiger partial charge in [-0.1, -0.05) is 22.0 Å². The van der Waals surface area contributed by atoms with Gasteiger partial charge in [-0.15, -0.1) is 0 Å². The molecule has 1 heterocycles. The van der Waals surface area contributed by atoms with Crippen LogP contribution in [0.2, 0.25) is 0 Å². The Hall–Kier alpha value is -1.17. The fraction of sp³-hybridized carbons (Fsp3) is 0.357. The molecule has 0 aliphatic heterocycles. The first kappa shape index (κ1) is 14.2. The van der Waals surface area contributed by atoms with Crippen molar-refractivity contribution in [1.29, 1.82) is 0 Å². The van der Waals surface area contributed by atoms with Crippen molar-refractivity contribution in [3.8, 4) is 0 Å². The van der Waals surface area contributed by atoms with Crippen LogP contribution in [0.5, 0.6) is 0 Å². The van der Waals surface area contributed by atoms with Crippen LogP contribution in [0.1, 0.15) is 29.4 Å². The first-order valence-electron chi connectivity index (χ1n) is 6.29. The summed E-state index contributed by atoms with van der Waals surface area (Å²) in [5.41, 5.74) is 5.32. The van der Waals surface area contributed by atoms with Crippen molar-refractivity contribution < 1.29 is 0 Å². The molecule has 1 unspecified atom stereocenters. The van der Waals surface area contributed by atoms with Crippen molar-refractivity contribution >= 4 is 15.9 Å². The Balaban J connectivity index is 2.09. The zero-order valence-corrected chi connectivity index (χ0v) is 12.8. The van der Waals surface area contributed by atoms with Gasteiger partial charge in [0.2, 0.25) is 0 Å². The van der Waals surface area contributed by atoms with E-state index in [0.29, 0.717) is 0 Å². The van der Waals surface area contributed by atoms with Crippen LogP contribution < -0.4 is 11.3 Å².